The molecule has 3 nitrogen and oxygen atoms in total. The third-order valence-corrected chi connectivity index (χ3v) is 3.70. The van der Waals surface area contributed by atoms with Crippen LogP contribution in [0.5, 0.6) is 0 Å². The van der Waals surface area contributed by atoms with Crippen molar-refractivity contribution < 1.29 is 9.18 Å². The minimum Gasteiger partial charge on any atom is -0.334 e. The standard InChI is InChI=1S/C14H20ClFN2O/c1-4-11(5-2)18(3)14(19)17-9-10-7-6-8-12(16)13(10)15/h6-8,11H,4-5,9H2,1-3H3,(H,17,19). The molecule has 0 saturated heterocycles. The molecule has 5 heteroatoms. The predicted octanol–water partition coefficient (Wildman–Crippen LogP) is 3.81. The van der Waals surface area contributed by atoms with Gasteiger partial charge in [0.05, 0.1) is 5.02 Å². The van der Waals surface area contributed by atoms with E-state index < -0.39 is 5.82 Å². The second-order valence-corrected chi connectivity index (χ2v) is 4.83. The lowest BCUT2D eigenvalue weighted by atomic mass is 10.1. The van der Waals surface area contributed by atoms with Gasteiger partial charge >= 0.3 is 6.03 Å². The van der Waals surface area contributed by atoms with Gasteiger partial charge in [0.1, 0.15) is 5.82 Å². The Hall–Kier alpha value is -1.29. The van der Waals surface area contributed by atoms with Gasteiger partial charge in [0, 0.05) is 19.6 Å². The number of hydrogen-bond acceptors (Lipinski definition) is 1. The number of carbonyl (C=O) groups is 1. The lowest BCUT2D eigenvalue weighted by Crippen LogP contribution is -2.42. The first-order chi connectivity index (χ1) is 9.01. The van der Waals surface area contributed by atoms with E-state index in [1.54, 1.807) is 24.1 Å². The number of nitrogens with zero attached hydrogens (tertiary/aromatic N) is 1. The second-order valence-electron chi connectivity index (χ2n) is 4.45. The summed E-state index contributed by atoms with van der Waals surface area (Å²) in [6.07, 6.45) is 1.81. The molecule has 1 rings (SSSR count). The Balaban J connectivity index is 2.61. The van der Waals surface area contributed by atoms with Crippen molar-refractivity contribution in [3.63, 3.8) is 0 Å². The molecule has 0 radical (unpaired) electrons. The summed E-state index contributed by atoms with van der Waals surface area (Å²) in [7, 11) is 1.76. The number of benzene rings is 1. The van der Waals surface area contributed by atoms with Gasteiger partial charge in [0.2, 0.25) is 0 Å². The number of hydrogen-bond donors (Lipinski definition) is 1. The molecule has 19 heavy (non-hydrogen) atoms. The maximum atomic E-state index is 13.2. The summed E-state index contributed by atoms with van der Waals surface area (Å²) in [6.45, 7) is 4.31. The molecule has 0 atom stereocenters. The topological polar surface area (TPSA) is 32.3 Å². The highest BCUT2D eigenvalue weighted by Gasteiger charge is 2.16. The third kappa shape index (κ3) is 4.10. The second kappa shape index (κ2) is 7.34. The Morgan fingerprint density at radius 3 is 2.63 bits per heavy atom. The molecule has 1 N–H and O–H groups in total. The Bertz CT molecular complexity index is 435. The Morgan fingerprint density at radius 1 is 1.42 bits per heavy atom. The van der Waals surface area contributed by atoms with E-state index in [9.17, 15) is 9.18 Å². The van der Waals surface area contributed by atoms with E-state index >= 15 is 0 Å². The molecule has 2 amide bonds. The Labute approximate surface area is 118 Å². The van der Waals surface area contributed by atoms with Gasteiger partial charge in [-0.1, -0.05) is 37.6 Å². The van der Waals surface area contributed by atoms with Crippen molar-refractivity contribution in [1.29, 1.82) is 0 Å². The van der Waals surface area contributed by atoms with Gasteiger partial charge < -0.3 is 10.2 Å². The third-order valence-electron chi connectivity index (χ3n) is 3.27. The molecule has 1 aromatic carbocycles. The largest absolute Gasteiger partial charge is 0.334 e. The fraction of sp³-hybridized carbons (Fsp3) is 0.500. The summed E-state index contributed by atoms with van der Waals surface area (Å²) in [6, 6.07) is 4.61. The molecular formula is C14H20ClFN2O. The van der Waals surface area contributed by atoms with Gasteiger partial charge in [-0.25, -0.2) is 9.18 Å². The maximum Gasteiger partial charge on any atom is 0.317 e. The first-order valence-electron chi connectivity index (χ1n) is 6.44. The highest BCUT2D eigenvalue weighted by molar-refractivity contribution is 6.31. The molecule has 0 saturated carbocycles. The van der Waals surface area contributed by atoms with Crippen LogP contribution in [0.3, 0.4) is 0 Å². The van der Waals surface area contributed by atoms with E-state index in [0.717, 1.165) is 12.8 Å². The van der Waals surface area contributed by atoms with E-state index in [-0.39, 0.29) is 23.6 Å². The van der Waals surface area contributed by atoms with Crippen LogP contribution in [0.15, 0.2) is 18.2 Å². The van der Waals surface area contributed by atoms with Crippen molar-refractivity contribution in [2.24, 2.45) is 0 Å². The molecule has 0 bridgehead atoms. The van der Waals surface area contributed by atoms with Gasteiger partial charge in [-0.2, -0.15) is 0 Å². The van der Waals surface area contributed by atoms with Crippen molar-refractivity contribution in [3.8, 4) is 0 Å². The van der Waals surface area contributed by atoms with Crippen LogP contribution >= 0.6 is 11.6 Å². The molecule has 0 aliphatic heterocycles. The number of rotatable bonds is 5. The van der Waals surface area contributed by atoms with Crippen LogP contribution in [0.2, 0.25) is 5.02 Å². The average Bonchev–Trinajstić information content (AvgIpc) is 2.41. The number of carbonyl (C=O) groups excluding carboxylic acids is 1. The Morgan fingerprint density at radius 2 is 2.05 bits per heavy atom. The zero-order valence-corrected chi connectivity index (χ0v) is 12.3. The fourth-order valence-electron chi connectivity index (χ4n) is 1.98. The Kier molecular flexibility index (Phi) is 6.09. The van der Waals surface area contributed by atoms with Crippen LogP contribution < -0.4 is 5.32 Å². The quantitative estimate of drug-likeness (QED) is 0.877. The summed E-state index contributed by atoms with van der Waals surface area (Å²) in [5, 5.41) is 2.81. The highest BCUT2D eigenvalue weighted by Crippen LogP contribution is 2.19. The molecule has 0 unspecified atom stereocenters. The van der Waals surface area contributed by atoms with Gasteiger partial charge in [0.15, 0.2) is 0 Å². The normalized spacial score (nSPS) is 10.6. The number of nitrogens with one attached hydrogen (secondary N) is 1. The molecule has 1 aromatic rings. The van der Waals surface area contributed by atoms with Gasteiger partial charge in [-0.15, -0.1) is 0 Å². The minimum absolute atomic E-state index is 0.0630. The van der Waals surface area contributed by atoms with Crippen molar-refractivity contribution in [1.82, 2.24) is 10.2 Å². The maximum absolute atomic E-state index is 13.2. The molecule has 0 aliphatic rings. The highest BCUT2D eigenvalue weighted by atomic mass is 35.5. The van der Waals surface area contributed by atoms with E-state index in [1.165, 1.54) is 6.07 Å². The first kappa shape index (κ1) is 15.8. The van der Waals surface area contributed by atoms with Crippen LogP contribution in [0.1, 0.15) is 32.3 Å². The fourth-order valence-corrected chi connectivity index (χ4v) is 2.18. The number of urea groups is 1. The van der Waals surface area contributed by atoms with Crippen LogP contribution in [0.4, 0.5) is 9.18 Å². The van der Waals surface area contributed by atoms with Crippen molar-refractivity contribution in [2.45, 2.75) is 39.3 Å². The van der Waals surface area contributed by atoms with E-state index in [2.05, 4.69) is 5.32 Å². The van der Waals surface area contributed by atoms with Crippen molar-refractivity contribution in [3.05, 3.63) is 34.6 Å². The van der Waals surface area contributed by atoms with Crippen LogP contribution in [-0.4, -0.2) is 24.0 Å². The summed E-state index contributed by atoms with van der Waals surface area (Å²) in [5.41, 5.74) is 0.577. The van der Waals surface area contributed by atoms with E-state index in [4.69, 9.17) is 11.6 Å². The summed E-state index contributed by atoms with van der Waals surface area (Å²) >= 11 is 5.83. The molecule has 0 aliphatic carbocycles. The molecule has 0 fully saturated rings. The lowest BCUT2D eigenvalue weighted by molar-refractivity contribution is 0.186. The van der Waals surface area contributed by atoms with Gasteiger partial charge in [-0.05, 0) is 24.5 Å². The molecule has 0 heterocycles. The monoisotopic (exact) mass is 286 g/mol. The predicted molar refractivity (Wildman–Crippen MR) is 75.8 cm³/mol. The molecule has 106 valence electrons. The van der Waals surface area contributed by atoms with Crippen molar-refractivity contribution in [2.75, 3.05) is 7.05 Å². The minimum atomic E-state index is -0.471. The van der Waals surface area contributed by atoms with E-state index in [0.29, 0.717) is 5.56 Å². The summed E-state index contributed by atoms with van der Waals surface area (Å²) in [4.78, 5) is 13.6. The number of amides is 2. The zero-order valence-electron chi connectivity index (χ0n) is 11.5. The van der Waals surface area contributed by atoms with Crippen LogP contribution in [-0.2, 0) is 6.54 Å². The molecule has 0 aromatic heterocycles. The lowest BCUT2D eigenvalue weighted by Gasteiger charge is -2.26. The zero-order chi connectivity index (χ0) is 14.4. The van der Waals surface area contributed by atoms with Gasteiger partial charge in [-0.3, -0.25) is 0 Å². The first-order valence-corrected chi connectivity index (χ1v) is 6.82. The average molecular weight is 287 g/mol. The SMILES string of the molecule is CCC(CC)N(C)C(=O)NCc1cccc(F)c1Cl. The van der Waals surface area contributed by atoms with Crippen LogP contribution in [0, 0.1) is 5.82 Å². The molecular weight excluding hydrogens is 267 g/mol. The van der Waals surface area contributed by atoms with E-state index in [1.807, 2.05) is 13.8 Å². The molecule has 0 spiro atoms. The smallest absolute Gasteiger partial charge is 0.317 e. The summed E-state index contributed by atoms with van der Waals surface area (Å²) < 4.78 is 13.2. The summed E-state index contributed by atoms with van der Waals surface area (Å²) in [5.74, 6) is -0.471. The van der Waals surface area contributed by atoms with Crippen molar-refractivity contribution >= 4 is 17.6 Å². The van der Waals surface area contributed by atoms with Gasteiger partial charge in [0.25, 0.3) is 0 Å². The van der Waals surface area contributed by atoms with Crippen LogP contribution in [0.25, 0.3) is 0 Å². The number of halogens is 2.